The summed E-state index contributed by atoms with van der Waals surface area (Å²) >= 11 is 6.06. The summed E-state index contributed by atoms with van der Waals surface area (Å²) in [6.07, 6.45) is 0.888. The van der Waals surface area contributed by atoms with Crippen LogP contribution in [0.1, 0.15) is 42.7 Å². The van der Waals surface area contributed by atoms with E-state index in [1.54, 1.807) is 19.1 Å². The Hall–Kier alpha value is -3.32. The van der Waals surface area contributed by atoms with Gasteiger partial charge in [0.2, 0.25) is 5.75 Å². The average Bonchev–Trinajstić information content (AvgIpc) is 2.86. The summed E-state index contributed by atoms with van der Waals surface area (Å²) in [4.78, 5) is 31.4. The molecule has 2 aromatic carbocycles. The van der Waals surface area contributed by atoms with Gasteiger partial charge in [-0.3, -0.25) is 14.6 Å². The van der Waals surface area contributed by atoms with Crippen LogP contribution in [0.3, 0.4) is 0 Å². The molecule has 0 spiro atoms. The highest BCUT2D eigenvalue weighted by Gasteiger charge is 2.45. The molecule has 1 unspecified atom stereocenters. The van der Waals surface area contributed by atoms with Crippen LogP contribution in [0.25, 0.3) is 0 Å². The van der Waals surface area contributed by atoms with Crippen molar-refractivity contribution >= 4 is 29.1 Å². The van der Waals surface area contributed by atoms with E-state index in [2.05, 4.69) is 0 Å². The fourth-order valence-corrected chi connectivity index (χ4v) is 5.23. The maximum Gasteiger partial charge on any atom is 0.315 e. The van der Waals surface area contributed by atoms with E-state index in [0.29, 0.717) is 57.7 Å². The molecule has 3 atom stereocenters. The summed E-state index contributed by atoms with van der Waals surface area (Å²) in [5, 5.41) is 0.644. The number of aliphatic imine (C=N–C) groups is 1. The molecule has 2 aromatic rings. The van der Waals surface area contributed by atoms with E-state index < -0.39 is 17.8 Å². The second kappa shape index (κ2) is 10.1. The number of halogens is 1. The summed E-state index contributed by atoms with van der Waals surface area (Å²) < 4.78 is 21.7. The van der Waals surface area contributed by atoms with Gasteiger partial charge in [-0.2, -0.15) is 0 Å². The standard InChI is InChI=1S/C27H28ClNO6/c1-14-23(27(31)35-5)24(17-12-21(32-2)26(34-4)22(13-17)33-3)25-19(29-14)10-16(11-20(25)30)15-6-8-18(28)9-7-15/h6-9,12-13,16,23-24H,10-11H2,1-5H3/t16-,23?,24+/m1/s1. The first-order chi connectivity index (χ1) is 16.8. The molecule has 2 aliphatic rings. The molecule has 7 nitrogen and oxygen atoms in total. The Morgan fingerprint density at radius 1 is 0.943 bits per heavy atom. The molecule has 0 aromatic heterocycles. The molecule has 8 heteroatoms. The maximum absolute atomic E-state index is 13.7. The highest BCUT2D eigenvalue weighted by molar-refractivity contribution is 6.30. The smallest absolute Gasteiger partial charge is 0.315 e. The van der Waals surface area contributed by atoms with Crippen molar-refractivity contribution in [3.63, 3.8) is 0 Å². The number of rotatable bonds is 6. The van der Waals surface area contributed by atoms with Gasteiger partial charge in [-0.05, 0) is 54.7 Å². The number of methoxy groups -OCH3 is 4. The van der Waals surface area contributed by atoms with E-state index in [0.717, 1.165) is 5.56 Å². The fourth-order valence-electron chi connectivity index (χ4n) is 5.10. The SMILES string of the molecule is COC(=O)C1C(C)=NC2=C(C(=O)C[C@H](c3ccc(Cl)cc3)C2)[C@H]1c1cc(OC)c(OC)c(OC)c1. The quantitative estimate of drug-likeness (QED) is 0.515. The Morgan fingerprint density at radius 3 is 2.11 bits per heavy atom. The van der Waals surface area contributed by atoms with Gasteiger partial charge in [0, 0.05) is 34.3 Å². The third kappa shape index (κ3) is 4.52. The van der Waals surface area contributed by atoms with Gasteiger partial charge in [-0.25, -0.2) is 0 Å². The van der Waals surface area contributed by atoms with Crippen LogP contribution in [-0.4, -0.2) is 45.9 Å². The number of hydrogen-bond donors (Lipinski definition) is 0. The minimum atomic E-state index is -0.752. The Balaban J connectivity index is 1.87. The number of esters is 1. The van der Waals surface area contributed by atoms with Gasteiger partial charge in [0.1, 0.15) is 5.92 Å². The zero-order chi connectivity index (χ0) is 25.3. The number of carbonyl (C=O) groups excluding carboxylic acids is 2. The first kappa shape index (κ1) is 24.8. The van der Waals surface area contributed by atoms with Crippen molar-refractivity contribution in [3.05, 3.63) is 63.8 Å². The predicted molar refractivity (Wildman–Crippen MR) is 133 cm³/mol. The molecule has 4 rings (SSSR count). The molecule has 184 valence electrons. The molecule has 1 aliphatic heterocycles. The molecule has 0 amide bonds. The number of hydrogen-bond acceptors (Lipinski definition) is 7. The van der Waals surface area contributed by atoms with Crippen molar-refractivity contribution in [2.45, 2.75) is 31.6 Å². The average molecular weight is 498 g/mol. The predicted octanol–water partition coefficient (Wildman–Crippen LogP) is 5.11. The van der Waals surface area contributed by atoms with Gasteiger partial charge < -0.3 is 18.9 Å². The van der Waals surface area contributed by atoms with E-state index in [9.17, 15) is 9.59 Å². The fraction of sp³-hybridized carbons (Fsp3) is 0.370. The summed E-state index contributed by atoms with van der Waals surface area (Å²) in [5.41, 5.74) is 3.54. The third-order valence-electron chi connectivity index (χ3n) is 6.73. The third-order valence-corrected chi connectivity index (χ3v) is 6.98. The van der Waals surface area contributed by atoms with Crippen molar-refractivity contribution < 1.29 is 28.5 Å². The number of benzene rings is 2. The van der Waals surface area contributed by atoms with E-state index in [4.69, 9.17) is 35.5 Å². The molecule has 0 bridgehead atoms. The van der Waals surface area contributed by atoms with Crippen LogP contribution in [0.5, 0.6) is 17.2 Å². The zero-order valence-electron chi connectivity index (χ0n) is 20.4. The number of allylic oxidation sites excluding steroid dienone is 2. The van der Waals surface area contributed by atoms with Gasteiger partial charge in [0.05, 0.1) is 28.4 Å². The lowest BCUT2D eigenvalue weighted by molar-refractivity contribution is -0.143. The van der Waals surface area contributed by atoms with Gasteiger partial charge >= 0.3 is 5.97 Å². The molecule has 0 saturated heterocycles. The van der Waals surface area contributed by atoms with Crippen LogP contribution in [0.15, 0.2) is 52.7 Å². The Bertz CT molecular complexity index is 1190. The van der Waals surface area contributed by atoms with E-state index >= 15 is 0 Å². The number of ether oxygens (including phenoxy) is 4. The van der Waals surface area contributed by atoms with Gasteiger partial charge in [0.25, 0.3) is 0 Å². The van der Waals surface area contributed by atoms with E-state index in [1.165, 1.54) is 28.4 Å². The monoisotopic (exact) mass is 497 g/mol. The van der Waals surface area contributed by atoms with Gasteiger partial charge in [0.15, 0.2) is 17.3 Å². The number of ketones is 1. The molecule has 1 heterocycles. The highest BCUT2D eigenvalue weighted by Crippen LogP contribution is 2.49. The van der Waals surface area contributed by atoms with Crippen LogP contribution in [0.4, 0.5) is 0 Å². The van der Waals surface area contributed by atoms with Gasteiger partial charge in [-0.15, -0.1) is 0 Å². The largest absolute Gasteiger partial charge is 0.493 e. The summed E-state index contributed by atoms with van der Waals surface area (Å²) in [7, 11) is 5.92. The van der Waals surface area contributed by atoms with Crippen LogP contribution in [0.2, 0.25) is 5.02 Å². The molecular formula is C27H28ClNO6. The Morgan fingerprint density at radius 2 is 1.57 bits per heavy atom. The first-order valence-electron chi connectivity index (χ1n) is 11.3. The molecule has 0 radical (unpaired) electrons. The minimum Gasteiger partial charge on any atom is -0.493 e. The first-order valence-corrected chi connectivity index (χ1v) is 11.6. The lowest BCUT2D eigenvalue weighted by Gasteiger charge is -2.36. The van der Waals surface area contributed by atoms with Crippen molar-refractivity contribution in [3.8, 4) is 17.2 Å². The zero-order valence-corrected chi connectivity index (χ0v) is 21.1. The van der Waals surface area contributed by atoms with Crippen molar-refractivity contribution in [2.24, 2.45) is 10.9 Å². The van der Waals surface area contributed by atoms with Crippen molar-refractivity contribution in [1.29, 1.82) is 0 Å². The summed E-state index contributed by atoms with van der Waals surface area (Å²) in [6, 6.07) is 11.1. The number of carbonyl (C=O) groups is 2. The second-order valence-corrected chi connectivity index (χ2v) is 9.07. The molecule has 35 heavy (non-hydrogen) atoms. The van der Waals surface area contributed by atoms with Crippen molar-refractivity contribution in [2.75, 3.05) is 28.4 Å². The van der Waals surface area contributed by atoms with Crippen molar-refractivity contribution in [1.82, 2.24) is 0 Å². The van der Waals surface area contributed by atoms with Crippen LogP contribution in [-0.2, 0) is 14.3 Å². The van der Waals surface area contributed by atoms with E-state index in [1.807, 2.05) is 24.3 Å². The lowest BCUT2D eigenvalue weighted by Crippen LogP contribution is -2.37. The van der Waals surface area contributed by atoms with Crippen LogP contribution >= 0.6 is 11.6 Å². The highest BCUT2D eigenvalue weighted by atomic mass is 35.5. The summed E-state index contributed by atoms with van der Waals surface area (Å²) in [6.45, 7) is 1.80. The normalized spacial score (nSPS) is 21.7. The minimum absolute atomic E-state index is 0.0228. The molecule has 0 fully saturated rings. The lowest BCUT2D eigenvalue weighted by atomic mass is 9.69. The summed E-state index contributed by atoms with van der Waals surface area (Å²) in [5.74, 6) is -0.559. The topological polar surface area (TPSA) is 83.4 Å². The Kier molecular flexibility index (Phi) is 7.17. The van der Waals surface area contributed by atoms with E-state index in [-0.39, 0.29) is 11.7 Å². The number of Topliss-reactive ketones (excluding diaryl/α,β-unsaturated/α-hetero) is 1. The molecule has 0 N–H and O–H groups in total. The number of nitrogens with zero attached hydrogens (tertiary/aromatic N) is 1. The molecular weight excluding hydrogens is 470 g/mol. The van der Waals surface area contributed by atoms with Crippen LogP contribution < -0.4 is 14.2 Å². The molecule has 1 aliphatic carbocycles. The molecule has 0 saturated carbocycles. The Labute approximate surface area is 209 Å². The maximum atomic E-state index is 13.7. The van der Waals surface area contributed by atoms with Gasteiger partial charge in [-0.1, -0.05) is 23.7 Å². The van der Waals surface area contributed by atoms with Crippen LogP contribution in [0, 0.1) is 5.92 Å². The second-order valence-electron chi connectivity index (χ2n) is 8.63.